The summed E-state index contributed by atoms with van der Waals surface area (Å²) >= 11 is 6.11. The maximum absolute atomic E-state index is 13.3. The fourth-order valence-electron chi connectivity index (χ4n) is 3.99. The van der Waals surface area contributed by atoms with Crippen molar-refractivity contribution < 1.29 is 9.72 Å². The normalized spacial score (nSPS) is 10.9. The third-order valence-corrected chi connectivity index (χ3v) is 6.18. The first-order valence-corrected chi connectivity index (χ1v) is 11.7. The first-order valence-electron chi connectivity index (χ1n) is 11.3. The Balaban J connectivity index is 1.54. The second-order valence-corrected chi connectivity index (χ2v) is 8.65. The first kappa shape index (κ1) is 24.9. The number of nitro groups is 1. The molecule has 0 saturated carbocycles. The molecular formula is C26H23ClN4O5. The lowest BCUT2D eigenvalue weighted by Gasteiger charge is -2.14. The van der Waals surface area contributed by atoms with E-state index in [1.54, 1.807) is 48.5 Å². The van der Waals surface area contributed by atoms with Gasteiger partial charge in [0.05, 0.1) is 22.4 Å². The van der Waals surface area contributed by atoms with Crippen LogP contribution in [0.1, 0.15) is 24.0 Å². The van der Waals surface area contributed by atoms with Gasteiger partial charge in [-0.05, 0) is 35.7 Å². The molecule has 0 radical (unpaired) electrons. The highest BCUT2D eigenvalue weighted by atomic mass is 35.5. The molecular weight excluding hydrogens is 484 g/mol. The number of para-hydroxylation sites is 1. The van der Waals surface area contributed by atoms with Crippen LogP contribution in [0.3, 0.4) is 0 Å². The van der Waals surface area contributed by atoms with Gasteiger partial charge in [0.1, 0.15) is 0 Å². The van der Waals surface area contributed by atoms with Crippen LogP contribution in [-0.2, 0) is 24.4 Å². The van der Waals surface area contributed by atoms with Gasteiger partial charge in [-0.3, -0.25) is 28.8 Å². The van der Waals surface area contributed by atoms with Crippen molar-refractivity contribution in [3.05, 3.63) is 120 Å². The molecule has 4 aromatic rings. The van der Waals surface area contributed by atoms with Gasteiger partial charge in [-0.25, -0.2) is 4.79 Å². The summed E-state index contributed by atoms with van der Waals surface area (Å²) < 4.78 is 2.54. The van der Waals surface area contributed by atoms with Crippen LogP contribution >= 0.6 is 11.6 Å². The van der Waals surface area contributed by atoms with E-state index in [-0.39, 0.29) is 44.1 Å². The fourth-order valence-corrected chi connectivity index (χ4v) is 4.20. The number of hydrogen-bond acceptors (Lipinski definition) is 5. The van der Waals surface area contributed by atoms with E-state index >= 15 is 0 Å². The number of halogens is 1. The molecule has 1 N–H and O–H groups in total. The van der Waals surface area contributed by atoms with Crippen molar-refractivity contribution in [1.29, 1.82) is 0 Å². The molecule has 0 atom stereocenters. The van der Waals surface area contributed by atoms with Crippen LogP contribution in [0.2, 0.25) is 5.02 Å². The zero-order chi connectivity index (χ0) is 25.7. The van der Waals surface area contributed by atoms with Gasteiger partial charge >= 0.3 is 5.69 Å². The highest BCUT2D eigenvalue weighted by Crippen LogP contribution is 2.16. The molecule has 9 nitrogen and oxygen atoms in total. The molecule has 1 aromatic heterocycles. The van der Waals surface area contributed by atoms with Crippen molar-refractivity contribution >= 4 is 34.1 Å². The van der Waals surface area contributed by atoms with Crippen LogP contribution in [-0.4, -0.2) is 20.0 Å². The Morgan fingerprint density at radius 1 is 0.972 bits per heavy atom. The largest absolute Gasteiger partial charge is 0.352 e. The first-order chi connectivity index (χ1) is 17.3. The molecule has 184 valence electrons. The van der Waals surface area contributed by atoms with Crippen LogP contribution in [0.25, 0.3) is 10.9 Å². The average molecular weight is 507 g/mol. The van der Waals surface area contributed by atoms with Crippen LogP contribution < -0.4 is 16.6 Å². The number of carbonyl (C=O) groups is 1. The SMILES string of the molecule is O=C(CCCn1c(=O)c2ccccc2n(Cc2cccc([N+](=O)[O-])c2)c1=O)NCc1ccccc1Cl. The van der Waals surface area contributed by atoms with Gasteiger partial charge in [0.2, 0.25) is 5.91 Å². The minimum absolute atomic E-state index is 0.0525. The van der Waals surface area contributed by atoms with Gasteiger partial charge < -0.3 is 5.32 Å². The van der Waals surface area contributed by atoms with E-state index in [0.717, 1.165) is 10.1 Å². The third kappa shape index (κ3) is 5.52. The van der Waals surface area contributed by atoms with Gasteiger partial charge in [-0.15, -0.1) is 0 Å². The van der Waals surface area contributed by atoms with Crippen molar-refractivity contribution in [2.45, 2.75) is 32.5 Å². The molecule has 0 aliphatic carbocycles. The van der Waals surface area contributed by atoms with E-state index in [9.17, 15) is 24.5 Å². The third-order valence-electron chi connectivity index (χ3n) is 5.81. The summed E-state index contributed by atoms with van der Waals surface area (Å²) in [6.45, 7) is 0.390. The van der Waals surface area contributed by atoms with E-state index in [4.69, 9.17) is 11.6 Å². The van der Waals surface area contributed by atoms with E-state index in [1.165, 1.54) is 16.7 Å². The van der Waals surface area contributed by atoms with Crippen molar-refractivity contribution in [3.63, 3.8) is 0 Å². The Bertz CT molecular complexity index is 1560. The fraction of sp³-hybridized carbons (Fsp3) is 0.192. The molecule has 0 unspecified atom stereocenters. The number of benzene rings is 3. The summed E-state index contributed by atoms with van der Waals surface area (Å²) in [5, 5.41) is 14.9. The molecule has 0 fully saturated rings. The predicted octanol–water partition coefficient (Wildman–Crippen LogP) is 3.87. The number of carbonyl (C=O) groups excluding carboxylic acids is 1. The zero-order valence-corrected chi connectivity index (χ0v) is 20.0. The van der Waals surface area contributed by atoms with Gasteiger partial charge in [0, 0.05) is 36.7 Å². The Hall–Kier alpha value is -4.24. The molecule has 0 saturated heterocycles. The second kappa shape index (κ2) is 11.0. The second-order valence-electron chi connectivity index (χ2n) is 8.24. The quantitative estimate of drug-likeness (QED) is 0.273. The Morgan fingerprint density at radius 2 is 1.72 bits per heavy atom. The number of nitrogens with one attached hydrogen (secondary N) is 1. The number of nitrogens with zero attached hydrogens (tertiary/aromatic N) is 3. The van der Waals surface area contributed by atoms with Crippen molar-refractivity contribution in [2.24, 2.45) is 0 Å². The van der Waals surface area contributed by atoms with Crippen molar-refractivity contribution in [1.82, 2.24) is 14.5 Å². The lowest BCUT2D eigenvalue weighted by molar-refractivity contribution is -0.384. The Kier molecular flexibility index (Phi) is 7.60. The molecule has 0 spiro atoms. The minimum atomic E-state index is -0.540. The lowest BCUT2D eigenvalue weighted by Crippen LogP contribution is -2.40. The molecule has 1 amide bonds. The standard InChI is InChI=1S/C26H23ClN4O5/c27-22-11-3-1-8-19(22)16-28-24(32)13-6-14-29-25(33)21-10-2-4-12-23(21)30(26(29)34)17-18-7-5-9-20(15-18)31(35)36/h1-5,7-12,15H,6,13-14,16-17H2,(H,28,32). The monoisotopic (exact) mass is 506 g/mol. The molecule has 0 aliphatic heterocycles. The average Bonchev–Trinajstić information content (AvgIpc) is 2.88. The molecule has 36 heavy (non-hydrogen) atoms. The lowest BCUT2D eigenvalue weighted by atomic mass is 10.2. The van der Waals surface area contributed by atoms with Crippen LogP contribution in [0.5, 0.6) is 0 Å². The maximum atomic E-state index is 13.3. The Morgan fingerprint density at radius 3 is 2.50 bits per heavy atom. The van der Waals surface area contributed by atoms with Crippen molar-refractivity contribution in [3.8, 4) is 0 Å². The van der Waals surface area contributed by atoms with Gasteiger partial charge in [0.25, 0.3) is 11.2 Å². The van der Waals surface area contributed by atoms with Gasteiger partial charge in [0.15, 0.2) is 0 Å². The zero-order valence-electron chi connectivity index (χ0n) is 19.2. The number of non-ortho nitro benzene ring substituents is 1. The number of hydrogen-bond donors (Lipinski definition) is 1. The summed E-state index contributed by atoms with van der Waals surface area (Å²) in [4.78, 5) is 49.4. The molecule has 4 rings (SSSR count). The predicted molar refractivity (Wildman–Crippen MR) is 137 cm³/mol. The maximum Gasteiger partial charge on any atom is 0.331 e. The van der Waals surface area contributed by atoms with Gasteiger partial charge in [-0.2, -0.15) is 0 Å². The number of fused-ring (bicyclic) bond motifs is 1. The topological polar surface area (TPSA) is 116 Å². The summed E-state index contributed by atoms with van der Waals surface area (Å²) in [7, 11) is 0. The van der Waals surface area contributed by atoms with E-state index < -0.39 is 16.2 Å². The summed E-state index contributed by atoms with van der Waals surface area (Å²) in [6.07, 6.45) is 0.396. The summed E-state index contributed by atoms with van der Waals surface area (Å²) in [5.41, 5.74) is 0.723. The molecule has 10 heteroatoms. The number of rotatable bonds is 9. The van der Waals surface area contributed by atoms with E-state index in [1.807, 2.05) is 12.1 Å². The summed E-state index contributed by atoms with van der Waals surface area (Å²) in [6, 6.07) is 20.0. The van der Waals surface area contributed by atoms with Gasteiger partial charge in [-0.1, -0.05) is 54.1 Å². The van der Waals surface area contributed by atoms with Crippen LogP contribution in [0.15, 0.2) is 82.4 Å². The van der Waals surface area contributed by atoms with Crippen LogP contribution in [0.4, 0.5) is 5.69 Å². The molecule has 3 aromatic carbocycles. The highest BCUT2D eigenvalue weighted by molar-refractivity contribution is 6.31. The molecule has 0 aliphatic rings. The molecule has 0 bridgehead atoms. The molecule has 1 heterocycles. The van der Waals surface area contributed by atoms with E-state index in [2.05, 4.69) is 5.32 Å². The smallest absolute Gasteiger partial charge is 0.331 e. The highest BCUT2D eigenvalue weighted by Gasteiger charge is 2.15. The number of nitro benzene ring substituents is 1. The minimum Gasteiger partial charge on any atom is -0.352 e. The summed E-state index contributed by atoms with van der Waals surface area (Å²) in [5.74, 6) is -0.222. The Labute approximate surface area is 210 Å². The van der Waals surface area contributed by atoms with Crippen LogP contribution in [0, 0.1) is 10.1 Å². The number of aromatic nitrogens is 2. The van der Waals surface area contributed by atoms with Crippen molar-refractivity contribution in [2.75, 3.05) is 0 Å². The van der Waals surface area contributed by atoms with E-state index in [0.29, 0.717) is 21.5 Å². The number of amides is 1.